The van der Waals surface area contributed by atoms with E-state index in [1.54, 1.807) is 19.1 Å². The lowest BCUT2D eigenvalue weighted by Gasteiger charge is -2.04. The summed E-state index contributed by atoms with van der Waals surface area (Å²) in [6, 6.07) is 9.29. The maximum absolute atomic E-state index is 8.90. The molecule has 3 nitrogen and oxygen atoms in total. The van der Waals surface area contributed by atoms with Crippen molar-refractivity contribution in [3.8, 4) is 17.5 Å². The number of aromatic nitrogens is 2. The monoisotopic (exact) mass is 261 g/mol. The summed E-state index contributed by atoms with van der Waals surface area (Å²) in [6.45, 7) is 1.80. The summed E-state index contributed by atoms with van der Waals surface area (Å²) in [5.74, 6) is 0.642. The van der Waals surface area contributed by atoms with Crippen molar-refractivity contribution in [2.75, 3.05) is 0 Å². The second kappa shape index (κ2) is 4.66. The molecule has 1 aromatic heterocycles. The van der Waals surface area contributed by atoms with Gasteiger partial charge in [-0.2, -0.15) is 5.26 Å². The number of nitriles is 1. The molecule has 0 unspecified atom stereocenters. The Hall–Kier alpha value is -1.70. The van der Waals surface area contributed by atoms with Crippen LogP contribution in [0.1, 0.15) is 11.3 Å². The first-order chi connectivity index (χ1) is 8.11. The molecule has 1 N–H and O–H groups in total. The van der Waals surface area contributed by atoms with E-state index in [0.717, 1.165) is 11.3 Å². The molecule has 1 aromatic carbocycles. The van der Waals surface area contributed by atoms with E-state index in [1.807, 2.05) is 18.2 Å². The summed E-state index contributed by atoms with van der Waals surface area (Å²) in [5.41, 5.74) is 2.02. The molecule has 0 atom stereocenters. The Morgan fingerprint density at radius 2 is 2.00 bits per heavy atom. The molecule has 0 amide bonds. The zero-order valence-electron chi connectivity index (χ0n) is 8.99. The van der Waals surface area contributed by atoms with Gasteiger partial charge >= 0.3 is 0 Å². The van der Waals surface area contributed by atoms with E-state index in [-0.39, 0.29) is 0 Å². The normalized spacial score (nSPS) is 9.94. The molecule has 1 heterocycles. The lowest BCUT2D eigenvalue weighted by molar-refractivity contribution is 1.08. The summed E-state index contributed by atoms with van der Waals surface area (Å²) in [6.07, 6.45) is 0. The van der Waals surface area contributed by atoms with E-state index in [9.17, 15) is 0 Å². The average molecular weight is 262 g/mol. The van der Waals surface area contributed by atoms with Crippen molar-refractivity contribution in [2.24, 2.45) is 0 Å². The molecule has 0 bridgehead atoms. The molecule has 5 heteroatoms. The number of rotatable bonds is 1. The maximum atomic E-state index is 8.90. The van der Waals surface area contributed by atoms with Gasteiger partial charge in [0.1, 0.15) is 22.1 Å². The molecule has 0 saturated heterocycles. The third-order valence-corrected chi connectivity index (χ3v) is 2.88. The first-order valence-electron chi connectivity index (χ1n) is 4.89. The summed E-state index contributed by atoms with van der Waals surface area (Å²) < 4.78 is 0.314. The van der Waals surface area contributed by atoms with E-state index in [4.69, 9.17) is 29.1 Å². The third-order valence-electron chi connectivity index (χ3n) is 2.34. The lowest BCUT2D eigenvalue weighted by Crippen LogP contribution is -1.96. The Kier molecular flexibility index (Phi) is 3.23. The highest BCUT2D eigenvalue weighted by atomic mass is 35.5. The van der Waals surface area contributed by atoms with Crippen LogP contribution in [0.15, 0.2) is 24.3 Å². The number of nitrogens with one attached hydrogen (secondary N) is 1. The third kappa shape index (κ3) is 2.36. The van der Waals surface area contributed by atoms with Crippen LogP contribution in [0.3, 0.4) is 0 Å². The van der Waals surface area contributed by atoms with Gasteiger partial charge in [0.2, 0.25) is 0 Å². The highest BCUT2D eigenvalue weighted by molar-refractivity contribution is 7.71. The van der Waals surface area contributed by atoms with Crippen molar-refractivity contribution in [1.29, 1.82) is 5.26 Å². The fourth-order valence-electron chi connectivity index (χ4n) is 1.46. The molecule has 84 valence electrons. The van der Waals surface area contributed by atoms with Crippen molar-refractivity contribution in [3.63, 3.8) is 0 Å². The fourth-order valence-corrected chi connectivity index (χ4v) is 1.88. The number of H-pyrrole nitrogens is 1. The number of benzene rings is 1. The van der Waals surface area contributed by atoms with Gasteiger partial charge < -0.3 is 4.98 Å². The van der Waals surface area contributed by atoms with Gasteiger partial charge in [0.05, 0.1) is 0 Å². The Labute approximate surface area is 109 Å². The molecule has 0 aliphatic heterocycles. The van der Waals surface area contributed by atoms with Gasteiger partial charge in [0.25, 0.3) is 0 Å². The Morgan fingerprint density at radius 3 is 2.53 bits per heavy atom. The van der Waals surface area contributed by atoms with Crippen LogP contribution >= 0.6 is 23.8 Å². The summed E-state index contributed by atoms with van der Waals surface area (Å²) in [4.78, 5) is 7.26. The Morgan fingerprint density at radius 1 is 1.35 bits per heavy atom. The van der Waals surface area contributed by atoms with Crippen molar-refractivity contribution in [3.05, 3.63) is 45.2 Å². The van der Waals surface area contributed by atoms with Crippen LogP contribution in [0.4, 0.5) is 0 Å². The van der Waals surface area contributed by atoms with Crippen LogP contribution in [-0.2, 0) is 0 Å². The molecule has 0 saturated carbocycles. The smallest absolute Gasteiger partial charge is 0.148 e. The second-order valence-electron chi connectivity index (χ2n) is 3.51. The number of nitrogens with zero attached hydrogens (tertiary/aromatic N) is 2. The Balaban J connectivity index is 2.59. The summed E-state index contributed by atoms with van der Waals surface area (Å²) >= 11 is 10.9. The molecular weight excluding hydrogens is 254 g/mol. The van der Waals surface area contributed by atoms with Crippen LogP contribution in [0.5, 0.6) is 0 Å². The first kappa shape index (κ1) is 11.8. The molecule has 0 spiro atoms. The van der Waals surface area contributed by atoms with Gasteiger partial charge in [-0.1, -0.05) is 23.8 Å². The predicted octanol–water partition coefficient (Wildman–Crippen LogP) is 3.64. The zero-order chi connectivity index (χ0) is 12.4. The van der Waals surface area contributed by atoms with Gasteiger partial charge in [-0.25, -0.2) is 4.98 Å². The molecule has 0 aliphatic carbocycles. The minimum Gasteiger partial charge on any atom is -0.342 e. The number of hydrogen-bond acceptors (Lipinski definition) is 3. The topological polar surface area (TPSA) is 52.5 Å². The van der Waals surface area contributed by atoms with Crippen molar-refractivity contribution in [2.45, 2.75) is 6.92 Å². The van der Waals surface area contributed by atoms with E-state index >= 15 is 0 Å². The van der Waals surface area contributed by atoms with Crippen LogP contribution in [0.2, 0.25) is 5.02 Å². The van der Waals surface area contributed by atoms with Gasteiger partial charge in [-0.15, -0.1) is 0 Å². The summed E-state index contributed by atoms with van der Waals surface area (Å²) in [7, 11) is 0. The van der Waals surface area contributed by atoms with Gasteiger partial charge in [-0.05, 0) is 31.2 Å². The van der Waals surface area contributed by atoms with E-state index in [2.05, 4.69) is 9.97 Å². The minimum absolute atomic E-state index is 0.314. The second-order valence-corrected chi connectivity index (χ2v) is 4.33. The zero-order valence-corrected chi connectivity index (χ0v) is 10.6. The number of aromatic amines is 1. The molecule has 2 rings (SSSR count). The molecule has 0 radical (unpaired) electrons. The van der Waals surface area contributed by atoms with Crippen molar-refractivity contribution >= 4 is 23.8 Å². The molecular formula is C12H8ClN3S. The van der Waals surface area contributed by atoms with Crippen LogP contribution in [-0.4, -0.2) is 9.97 Å². The van der Waals surface area contributed by atoms with Crippen molar-refractivity contribution < 1.29 is 0 Å². The minimum atomic E-state index is 0.314. The average Bonchev–Trinajstić information content (AvgIpc) is 2.29. The molecule has 0 aliphatic rings. The summed E-state index contributed by atoms with van der Waals surface area (Å²) in [5, 5.41) is 9.57. The van der Waals surface area contributed by atoms with E-state index in [0.29, 0.717) is 21.1 Å². The first-order valence-corrected chi connectivity index (χ1v) is 5.67. The van der Waals surface area contributed by atoms with E-state index < -0.39 is 0 Å². The standard InChI is InChI=1S/C12H8ClN3S/c1-7-10(6-14)12(17)16-11(15-7)8-2-4-9(13)5-3-8/h2-5H,1H3,(H,15,16,17). The number of aryl methyl sites for hydroxylation is 1. The van der Waals surface area contributed by atoms with Gasteiger partial charge in [0.15, 0.2) is 0 Å². The maximum Gasteiger partial charge on any atom is 0.148 e. The van der Waals surface area contributed by atoms with Gasteiger partial charge in [0, 0.05) is 16.3 Å². The highest BCUT2D eigenvalue weighted by Crippen LogP contribution is 2.19. The highest BCUT2D eigenvalue weighted by Gasteiger charge is 2.06. The number of hydrogen-bond donors (Lipinski definition) is 1. The lowest BCUT2D eigenvalue weighted by atomic mass is 10.2. The van der Waals surface area contributed by atoms with Gasteiger partial charge in [-0.3, -0.25) is 0 Å². The SMILES string of the molecule is Cc1[nH]c(-c2ccc(Cl)cc2)nc(=S)c1C#N. The molecule has 0 fully saturated rings. The van der Waals surface area contributed by atoms with Crippen LogP contribution in [0.25, 0.3) is 11.4 Å². The van der Waals surface area contributed by atoms with Crippen molar-refractivity contribution in [1.82, 2.24) is 9.97 Å². The van der Waals surface area contributed by atoms with Crippen LogP contribution < -0.4 is 0 Å². The predicted molar refractivity (Wildman–Crippen MR) is 69.3 cm³/mol. The number of halogens is 1. The fraction of sp³-hybridized carbons (Fsp3) is 0.0833. The largest absolute Gasteiger partial charge is 0.342 e. The Bertz CT molecular complexity index is 653. The van der Waals surface area contributed by atoms with E-state index in [1.165, 1.54) is 0 Å². The molecule has 2 aromatic rings. The van der Waals surface area contributed by atoms with Crippen LogP contribution in [0, 0.1) is 22.9 Å². The molecule has 17 heavy (non-hydrogen) atoms. The quantitative estimate of drug-likeness (QED) is 0.798.